The van der Waals surface area contributed by atoms with Crippen LogP contribution < -0.4 is 0 Å². The Morgan fingerprint density at radius 2 is 1.80 bits per heavy atom. The third-order valence-electron chi connectivity index (χ3n) is 10.1. The van der Waals surface area contributed by atoms with Crippen molar-refractivity contribution in [2.24, 2.45) is 28.6 Å². The first-order valence-corrected chi connectivity index (χ1v) is 15.0. The summed E-state index contributed by atoms with van der Waals surface area (Å²) in [6.07, 6.45) is 8.24. The first-order chi connectivity index (χ1) is 19.1. The number of fused-ring (bicyclic) bond motifs is 5. The van der Waals surface area contributed by atoms with Crippen molar-refractivity contribution in [2.75, 3.05) is 13.2 Å². The quantitative estimate of drug-likeness (QED) is 0.299. The number of Topliss-reactive ketones (excluding diaryl/α,β-unsaturated/α-hetero) is 1. The van der Waals surface area contributed by atoms with Gasteiger partial charge in [-0.15, -0.1) is 0 Å². The highest BCUT2D eigenvalue weighted by Gasteiger charge is 2.68. The van der Waals surface area contributed by atoms with Crippen LogP contribution >= 0.6 is 0 Å². The molecule has 3 saturated carbocycles. The van der Waals surface area contributed by atoms with E-state index in [9.17, 15) is 29.4 Å². The summed E-state index contributed by atoms with van der Waals surface area (Å²) in [7, 11) is 0. The highest BCUT2D eigenvalue weighted by molar-refractivity contribution is 6.01. The van der Waals surface area contributed by atoms with Crippen molar-refractivity contribution in [3.8, 4) is 0 Å². The number of carbonyl (C=O) groups excluding carboxylic acids is 4. The largest absolute Gasteiger partial charge is 0.508 e. The number of aliphatic hydroxyl groups is 2. The summed E-state index contributed by atoms with van der Waals surface area (Å²) in [6, 6.07) is 0. The fourth-order valence-corrected chi connectivity index (χ4v) is 8.17. The number of allylic oxidation sites excluding steroid dienone is 4. The molecule has 0 aliphatic heterocycles. The Bertz CT molecular complexity index is 1120. The van der Waals surface area contributed by atoms with Crippen LogP contribution in [0.4, 0.5) is 4.79 Å². The SMILES string of the molecule is CC(C)(C)OC(=O)CCCCCOC(=O)OCC(=O)[C@@]1(O)CC[C@H]2[C@@H]3CCC4=CC(=O)C=C[C@]4(C)[C@H]3[C@@H](O)C[C@@]21C. The maximum Gasteiger partial charge on any atom is 0.508 e. The number of aliphatic hydroxyl groups excluding tert-OH is 1. The molecule has 0 aromatic carbocycles. The van der Waals surface area contributed by atoms with Gasteiger partial charge in [0.15, 0.2) is 12.4 Å². The van der Waals surface area contributed by atoms with Crippen molar-refractivity contribution in [1.82, 2.24) is 0 Å². The highest BCUT2D eigenvalue weighted by Crippen LogP contribution is 2.67. The Balaban J connectivity index is 1.27. The van der Waals surface area contributed by atoms with Gasteiger partial charge in [0.2, 0.25) is 5.78 Å². The molecule has 9 nitrogen and oxygen atoms in total. The van der Waals surface area contributed by atoms with Crippen LogP contribution in [0.1, 0.15) is 92.4 Å². The first-order valence-electron chi connectivity index (χ1n) is 15.0. The molecule has 228 valence electrons. The van der Waals surface area contributed by atoms with E-state index in [1.54, 1.807) is 12.2 Å². The summed E-state index contributed by atoms with van der Waals surface area (Å²) < 4.78 is 15.4. The lowest BCUT2D eigenvalue weighted by atomic mass is 9.46. The minimum Gasteiger partial charge on any atom is -0.460 e. The predicted molar refractivity (Wildman–Crippen MR) is 150 cm³/mol. The second-order valence-electron chi connectivity index (χ2n) is 13.8. The molecule has 0 unspecified atom stereocenters. The molecule has 0 aromatic rings. The standard InChI is InChI=1S/C32H46O9/c1-29(2,3)41-26(36)9-7-6-8-16-39-28(37)40-19-25(35)32(38)15-13-23-22-11-10-20-17-21(33)12-14-30(20,4)27(22)24(34)18-31(23,32)5/h12,14,17,22-24,27,34,38H,6-11,13,15-16,18-19H2,1-5H3/t22-,23-,24-,27+,30-,31-,32-/m0/s1. The fraction of sp³-hybridized carbons (Fsp3) is 0.750. The van der Waals surface area contributed by atoms with E-state index >= 15 is 0 Å². The van der Waals surface area contributed by atoms with E-state index in [1.165, 1.54) is 0 Å². The molecule has 0 bridgehead atoms. The van der Waals surface area contributed by atoms with Gasteiger partial charge in [-0.2, -0.15) is 0 Å². The van der Waals surface area contributed by atoms with Gasteiger partial charge in [0.05, 0.1) is 12.7 Å². The Labute approximate surface area is 242 Å². The molecule has 4 aliphatic rings. The molecule has 4 aliphatic carbocycles. The Hall–Kier alpha value is -2.52. The molecule has 0 radical (unpaired) electrons. The number of hydrogen-bond acceptors (Lipinski definition) is 9. The topological polar surface area (TPSA) is 136 Å². The second-order valence-corrected chi connectivity index (χ2v) is 13.8. The maximum atomic E-state index is 13.3. The van der Waals surface area contributed by atoms with E-state index < -0.39 is 46.7 Å². The third-order valence-corrected chi connectivity index (χ3v) is 10.1. The van der Waals surface area contributed by atoms with E-state index in [2.05, 4.69) is 6.92 Å². The average molecular weight is 575 g/mol. The summed E-state index contributed by atoms with van der Waals surface area (Å²) in [6.45, 7) is 8.90. The van der Waals surface area contributed by atoms with Crippen molar-refractivity contribution in [2.45, 2.75) is 110 Å². The second kappa shape index (κ2) is 11.6. The van der Waals surface area contributed by atoms with Gasteiger partial charge in [0.25, 0.3) is 0 Å². The molecule has 3 fully saturated rings. The van der Waals surface area contributed by atoms with Gasteiger partial charge in [-0.3, -0.25) is 14.4 Å². The average Bonchev–Trinajstić information content (AvgIpc) is 3.14. The van der Waals surface area contributed by atoms with E-state index in [1.807, 2.05) is 33.8 Å². The summed E-state index contributed by atoms with van der Waals surface area (Å²) >= 11 is 0. The third kappa shape index (κ3) is 6.17. The van der Waals surface area contributed by atoms with Crippen LogP contribution in [-0.2, 0) is 28.6 Å². The van der Waals surface area contributed by atoms with Crippen molar-refractivity contribution >= 4 is 23.7 Å². The number of hydrogen-bond donors (Lipinski definition) is 2. The van der Waals surface area contributed by atoms with E-state index in [0.717, 1.165) is 18.4 Å². The first kappa shape index (κ1) is 31.4. The molecular formula is C32H46O9. The van der Waals surface area contributed by atoms with Gasteiger partial charge in [-0.05, 0) is 96.1 Å². The van der Waals surface area contributed by atoms with E-state index in [0.29, 0.717) is 32.1 Å². The molecular weight excluding hydrogens is 528 g/mol. The van der Waals surface area contributed by atoms with Crippen LogP contribution in [0.3, 0.4) is 0 Å². The zero-order valence-electron chi connectivity index (χ0n) is 25.1. The summed E-state index contributed by atoms with van der Waals surface area (Å²) in [4.78, 5) is 49.2. The number of unbranched alkanes of at least 4 members (excludes halogenated alkanes) is 2. The van der Waals surface area contributed by atoms with Crippen LogP contribution in [-0.4, -0.2) is 64.4 Å². The lowest BCUT2D eigenvalue weighted by molar-refractivity contribution is -0.179. The van der Waals surface area contributed by atoms with Crippen LogP contribution in [0.5, 0.6) is 0 Å². The lowest BCUT2D eigenvalue weighted by Gasteiger charge is -2.59. The van der Waals surface area contributed by atoms with Gasteiger partial charge in [0, 0.05) is 23.2 Å². The van der Waals surface area contributed by atoms with Crippen LogP contribution in [0.15, 0.2) is 23.8 Å². The minimum absolute atomic E-state index is 0.0156. The Morgan fingerprint density at radius 1 is 1.07 bits per heavy atom. The number of esters is 1. The molecule has 9 heteroatoms. The summed E-state index contributed by atoms with van der Waals surface area (Å²) in [5.74, 6) is -0.858. The van der Waals surface area contributed by atoms with Crippen LogP contribution in [0, 0.1) is 28.6 Å². The van der Waals surface area contributed by atoms with Crippen molar-refractivity contribution in [3.05, 3.63) is 23.8 Å². The molecule has 0 amide bonds. The molecule has 0 heterocycles. The molecule has 0 aromatic heterocycles. The number of carbonyl (C=O) groups is 4. The monoisotopic (exact) mass is 574 g/mol. The van der Waals surface area contributed by atoms with Crippen molar-refractivity contribution < 1.29 is 43.6 Å². The van der Waals surface area contributed by atoms with Crippen LogP contribution in [0.25, 0.3) is 0 Å². The molecule has 0 spiro atoms. The van der Waals surface area contributed by atoms with Gasteiger partial charge < -0.3 is 24.4 Å². The zero-order valence-corrected chi connectivity index (χ0v) is 25.1. The highest BCUT2D eigenvalue weighted by atomic mass is 16.7. The van der Waals surface area contributed by atoms with Gasteiger partial charge in [-0.1, -0.05) is 25.5 Å². The lowest BCUT2D eigenvalue weighted by Crippen LogP contribution is -2.61. The fourth-order valence-electron chi connectivity index (χ4n) is 8.17. The predicted octanol–water partition coefficient (Wildman–Crippen LogP) is 4.62. The van der Waals surface area contributed by atoms with Gasteiger partial charge in [-0.25, -0.2) is 4.79 Å². The maximum absolute atomic E-state index is 13.3. The number of rotatable bonds is 9. The van der Waals surface area contributed by atoms with Gasteiger partial charge >= 0.3 is 12.1 Å². The smallest absolute Gasteiger partial charge is 0.460 e. The van der Waals surface area contributed by atoms with Crippen molar-refractivity contribution in [3.63, 3.8) is 0 Å². The number of ketones is 2. The zero-order chi connectivity index (χ0) is 30.2. The normalized spacial score (nSPS) is 36.0. The van der Waals surface area contributed by atoms with E-state index in [4.69, 9.17) is 14.2 Å². The van der Waals surface area contributed by atoms with Crippen LogP contribution in [0.2, 0.25) is 0 Å². The van der Waals surface area contributed by atoms with E-state index in [-0.39, 0.29) is 49.0 Å². The Morgan fingerprint density at radius 3 is 2.51 bits per heavy atom. The molecule has 41 heavy (non-hydrogen) atoms. The minimum atomic E-state index is -1.72. The van der Waals surface area contributed by atoms with Crippen molar-refractivity contribution in [1.29, 1.82) is 0 Å². The summed E-state index contributed by atoms with van der Waals surface area (Å²) in [5, 5.41) is 23.2. The number of ether oxygens (including phenoxy) is 3. The molecule has 4 rings (SSSR count). The molecule has 7 atom stereocenters. The summed E-state index contributed by atoms with van der Waals surface area (Å²) in [5.41, 5.74) is -2.48. The van der Waals surface area contributed by atoms with Gasteiger partial charge in [0.1, 0.15) is 11.2 Å². The molecule has 2 N–H and O–H groups in total. The molecule has 0 saturated heterocycles. The Kier molecular flexibility index (Phi) is 8.91.